The summed E-state index contributed by atoms with van der Waals surface area (Å²) in [4.78, 5) is 0. The quantitative estimate of drug-likeness (QED) is 0.750. The van der Waals surface area contributed by atoms with Crippen molar-refractivity contribution >= 4 is 0 Å². The van der Waals surface area contributed by atoms with Crippen molar-refractivity contribution in [1.29, 1.82) is 0 Å². The highest BCUT2D eigenvalue weighted by Crippen LogP contribution is 2.50. The van der Waals surface area contributed by atoms with Crippen LogP contribution < -0.4 is 5.32 Å². The van der Waals surface area contributed by atoms with Gasteiger partial charge >= 0.3 is 0 Å². The molecular formula is C14H27NO. The third-order valence-electron chi connectivity index (χ3n) is 4.07. The van der Waals surface area contributed by atoms with E-state index < -0.39 is 0 Å². The van der Waals surface area contributed by atoms with Crippen molar-refractivity contribution in [2.45, 2.75) is 46.0 Å². The van der Waals surface area contributed by atoms with E-state index in [1.54, 1.807) is 0 Å². The molecule has 0 aromatic rings. The first-order valence-electron chi connectivity index (χ1n) is 6.99. The second-order valence-electron chi connectivity index (χ2n) is 6.28. The van der Waals surface area contributed by atoms with E-state index in [2.05, 4.69) is 19.2 Å². The molecule has 2 fully saturated rings. The lowest BCUT2D eigenvalue weighted by atomic mass is 9.93. The zero-order chi connectivity index (χ0) is 11.4. The summed E-state index contributed by atoms with van der Waals surface area (Å²) in [5, 5.41) is 3.71. The molecule has 16 heavy (non-hydrogen) atoms. The van der Waals surface area contributed by atoms with Gasteiger partial charge in [-0.1, -0.05) is 13.8 Å². The van der Waals surface area contributed by atoms with Crippen LogP contribution in [0.1, 0.15) is 46.0 Å². The fourth-order valence-corrected chi connectivity index (χ4v) is 2.99. The predicted octanol–water partition coefficient (Wildman–Crippen LogP) is 2.83. The molecule has 0 radical (unpaired) electrons. The lowest BCUT2D eigenvalue weighted by Gasteiger charge is -2.24. The normalized spacial score (nSPS) is 24.9. The van der Waals surface area contributed by atoms with Gasteiger partial charge in [0.2, 0.25) is 0 Å². The Hall–Kier alpha value is -0.0800. The third kappa shape index (κ3) is 3.74. The van der Waals surface area contributed by atoms with Crippen molar-refractivity contribution in [3.8, 4) is 0 Å². The summed E-state index contributed by atoms with van der Waals surface area (Å²) in [6, 6.07) is 0. The second-order valence-corrected chi connectivity index (χ2v) is 6.28. The molecule has 1 saturated heterocycles. The van der Waals surface area contributed by atoms with Crippen LogP contribution in [0.4, 0.5) is 0 Å². The highest BCUT2D eigenvalue weighted by atomic mass is 16.5. The number of nitrogens with one attached hydrogen (secondary N) is 1. The summed E-state index contributed by atoms with van der Waals surface area (Å²) in [7, 11) is 0. The molecule has 94 valence electrons. The number of hydrogen-bond acceptors (Lipinski definition) is 2. The zero-order valence-electron chi connectivity index (χ0n) is 10.9. The van der Waals surface area contributed by atoms with Gasteiger partial charge in [-0.15, -0.1) is 0 Å². The predicted molar refractivity (Wildman–Crippen MR) is 67.5 cm³/mol. The first kappa shape index (κ1) is 12.4. The van der Waals surface area contributed by atoms with Gasteiger partial charge < -0.3 is 10.1 Å². The Balaban J connectivity index is 1.60. The molecular weight excluding hydrogens is 198 g/mol. The molecule has 0 aromatic heterocycles. The van der Waals surface area contributed by atoms with Crippen LogP contribution in [0.15, 0.2) is 0 Å². The molecule has 0 unspecified atom stereocenters. The van der Waals surface area contributed by atoms with Crippen LogP contribution >= 0.6 is 0 Å². The minimum absolute atomic E-state index is 0.680. The van der Waals surface area contributed by atoms with Gasteiger partial charge in [0, 0.05) is 19.8 Å². The van der Waals surface area contributed by atoms with Gasteiger partial charge in [0.25, 0.3) is 0 Å². The highest BCUT2D eigenvalue weighted by molar-refractivity contribution is 4.95. The molecule has 1 aliphatic carbocycles. The fourth-order valence-electron chi connectivity index (χ4n) is 2.99. The average molecular weight is 225 g/mol. The zero-order valence-corrected chi connectivity index (χ0v) is 10.9. The van der Waals surface area contributed by atoms with Gasteiger partial charge in [-0.25, -0.2) is 0 Å². The van der Waals surface area contributed by atoms with E-state index in [4.69, 9.17) is 4.74 Å². The van der Waals surface area contributed by atoms with E-state index in [1.807, 2.05) is 0 Å². The van der Waals surface area contributed by atoms with Crippen LogP contribution in [-0.2, 0) is 4.74 Å². The lowest BCUT2D eigenvalue weighted by molar-refractivity contribution is 0.0658. The first-order chi connectivity index (χ1) is 7.70. The van der Waals surface area contributed by atoms with Gasteiger partial charge in [0.05, 0.1) is 0 Å². The Labute approximate surface area is 100 Å². The molecule has 0 atom stereocenters. The van der Waals surface area contributed by atoms with Crippen molar-refractivity contribution in [3.63, 3.8) is 0 Å². The molecule has 2 aliphatic rings. The van der Waals surface area contributed by atoms with E-state index >= 15 is 0 Å². The topological polar surface area (TPSA) is 21.3 Å². The van der Waals surface area contributed by atoms with Gasteiger partial charge in [-0.05, 0) is 55.9 Å². The molecule has 2 nitrogen and oxygen atoms in total. The average Bonchev–Trinajstić information content (AvgIpc) is 2.99. The Morgan fingerprint density at radius 2 is 1.94 bits per heavy atom. The molecule has 1 N–H and O–H groups in total. The smallest absolute Gasteiger partial charge is 0.0469 e. The summed E-state index contributed by atoms with van der Waals surface area (Å²) in [5.41, 5.74) is 0.680. The number of ether oxygens (including phenoxy) is 1. The van der Waals surface area contributed by atoms with Crippen molar-refractivity contribution < 1.29 is 4.74 Å². The van der Waals surface area contributed by atoms with Crippen molar-refractivity contribution in [1.82, 2.24) is 5.32 Å². The van der Waals surface area contributed by atoms with Crippen LogP contribution in [0, 0.1) is 17.3 Å². The Morgan fingerprint density at radius 3 is 2.50 bits per heavy atom. The van der Waals surface area contributed by atoms with Gasteiger partial charge in [-0.2, -0.15) is 0 Å². The Morgan fingerprint density at radius 1 is 1.25 bits per heavy atom. The van der Waals surface area contributed by atoms with Crippen LogP contribution in [0.2, 0.25) is 0 Å². The van der Waals surface area contributed by atoms with Gasteiger partial charge in [0.1, 0.15) is 0 Å². The van der Waals surface area contributed by atoms with Crippen LogP contribution in [0.3, 0.4) is 0 Å². The third-order valence-corrected chi connectivity index (χ3v) is 4.07. The van der Waals surface area contributed by atoms with E-state index in [1.165, 1.54) is 45.2 Å². The van der Waals surface area contributed by atoms with Crippen molar-refractivity contribution in [2.75, 3.05) is 26.3 Å². The van der Waals surface area contributed by atoms with Gasteiger partial charge in [-0.3, -0.25) is 0 Å². The minimum atomic E-state index is 0.680. The molecule has 1 heterocycles. The van der Waals surface area contributed by atoms with Crippen LogP contribution in [0.25, 0.3) is 0 Å². The maximum atomic E-state index is 5.38. The molecule has 1 saturated carbocycles. The summed E-state index contributed by atoms with van der Waals surface area (Å²) in [6.45, 7) is 9.11. The monoisotopic (exact) mass is 225 g/mol. The van der Waals surface area contributed by atoms with Gasteiger partial charge in [0.15, 0.2) is 0 Å². The Bertz CT molecular complexity index is 205. The SMILES string of the molecule is CC(C)CC1(CNCC2CCOCC2)CC1. The minimum Gasteiger partial charge on any atom is -0.381 e. The highest BCUT2D eigenvalue weighted by Gasteiger charge is 2.42. The molecule has 0 spiro atoms. The Kier molecular flexibility index (Phi) is 4.26. The first-order valence-corrected chi connectivity index (χ1v) is 6.99. The van der Waals surface area contributed by atoms with E-state index in [0.717, 1.165) is 25.0 Å². The van der Waals surface area contributed by atoms with Crippen LogP contribution in [0.5, 0.6) is 0 Å². The van der Waals surface area contributed by atoms with E-state index in [0.29, 0.717) is 5.41 Å². The lowest BCUT2D eigenvalue weighted by Crippen LogP contribution is -2.32. The number of hydrogen-bond donors (Lipinski definition) is 1. The molecule has 0 bridgehead atoms. The maximum absolute atomic E-state index is 5.38. The molecule has 2 rings (SSSR count). The van der Waals surface area contributed by atoms with E-state index in [9.17, 15) is 0 Å². The molecule has 2 heteroatoms. The summed E-state index contributed by atoms with van der Waals surface area (Å²) in [6.07, 6.45) is 6.82. The standard InChI is InChI=1S/C14H27NO/c1-12(2)9-14(5-6-14)11-15-10-13-3-7-16-8-4-13/h12-13,15H,3-11H2,1-2H3. The molecule has 0 amide bonds. The van der Waals surface area contributed by atoms with Crippen LogP contribution in [-0.4, -0.2) is 26.3 Å². The summed E-state index contributed by atoms with van der Waals surface area (Å²) in [5.74, 6) is 1.72. The maximum Gasteiger partial charge on any atom is 0.0469 e. The summed E-state index contributed by atoms with van der Waals surface area (Å²) < 4.78 is 5.38. The number of rotatable bonds is 6. The molecule has 1 aliphatic heterocycles. The largest absolute Gasteiger partial charge is 0.381 e. The molecule has 0 aromatic carbocycles. The van der Waals surface area contributed by atoms with Crippen molar-refractivity contribution in [2.24, 2.45) is 17.3 Å². The fraction of sp³-hybridized carbons (Fsp3) is 1.00. The van der Waals surface area contributed by atoms with Crippen molar-refractivity contribution in [3.05, 3.63) is 0 Å². The summed E-state index contributed by atoms with van der Waals surface area (Å²) >= 11 is 0. The van der Waals surface area contributed by atoms with E-state index in [-0.39, 0.29) is 0 Å². The second kappa shape index (κ2) is 5.50.